The molecule has 0 saturated heterocycles. The van der Waals surface area contributed by atoms with Crippen LogP contribution in [0.4, 0.5) is 5.95 Å². The van der Waals surface area contributed by atoms with Crippen molar-refractivity contribution in [2.75, 3.05) is 5.73 Å². The van der Waals surface area contributed by atoms with Crippen molar-refractivity contribution >= 4 is 17.1 Å². The number of anilines is 1. The number of nitrogens with zero attached hydrogens (tertiary/aromatic N) is 4. The average Bonchev–Trinajstić information content (AvgIpc) is 3.10. The summed E-state index contributed by atoms with van der Waals surface area (Å²) in [5.74, 6) is 1.48. The number of furan rings is 1. The van der Waals surface area contributed by atoms with Crippen molar-refractivity contribution < 1.29 is 4.42 Å². The molecule has 0 aliphatic heterocycles. The van der Waals surface area contributed by atoms with Crippen molar-refractivity contribution in [1.29, 1.82) is 0 Å². The fourth-order valence-electron chi connectivity index (χ4n) is 2.87. The van der Waals surface area contributed by atoms with Gasteiger partial charge in [0, 0.05) is 19.5 Å². The lowest BCUT2D eigenvalue weighted by Crippen LogP contribution is -2.13. The fraction of sp³-hybridized carbons (Fsp3) is 0.467. The van der Waals surface area contributed by atoms with E-state index in [0.717, 1.165) is 41.9 Å². The molecule has 0 bridgehead atoms. The van der Waals surface area contributed by atoms with E-state index in [1.807, 2.05) is 28.4 Å². The third-order valence-corrected chi connectivity index (χ3v) is 3.77. The van der Waals surface area contributed by atoms with Crippen molar-refractivity contribution in [3.63, 3.8) is 0 Å². The smallest absolute Gasteiger partial charge is 0.202 e. The maximum absolute atomic E-state index is 6.14. The number of aromatic nitrogens is 4. The first-order valence-corrected chi connectivity index (χ1v) is 7.33. The van der Waals surface area contributed by atoms with Gasteiger partial charge in [-0.25, -0.2) is 4.98 Å². The number of rotatable bonds is 5. The number of hydrogen-bond donors (Lipinski definition) is 1. The van der Waals surface area contributed by atoms with E-state index in [1.54, 1.807) is 6.26 Å². The summed E-state index contributed by atoms with van der Waals surface area (Å²) >= 11 is 0. The van der Waals surface area contributed by atoms with Gasteiger partial charge in [-0.1, -0.05) is 13.3 Å². The van der Waals surface area contributed by atoms with Gasteiger partial charge in [0.05, 0.1) is 12.0 Å². The zero-order valence-corrected chi connectivity index (χ0v) is 12.7. The summed E-state index contributed by atoms with van der Waals surface area (Å²) in [7, 11) is 1.94. The molecule has 21 heavy (non-hydrogen) atoms. The molecule has 3 aromatic rings. The molecule has 0 aromatic carbocycles. The molecule has 2 N–H and O–H groups in total. The van der Waals surface area contributed by atoms with Crippen LogP contribution in [0, 0.1) is 0 Å². The number of fused-ring (bicyclic) bond motifs is 1. The SMILES string of the molecule is CCCc1nn(C)c2c1nc(N)n2C(C)Cc1ccco1. The minimum atomic E-state index is 0.158. The first-order valence-electron chi connectivity index (χ1n) is 7.33. The Morgan fingerprint density at radius 2 is 2.24 bits per heavy atom. The second-order valence-corrected chi connectivity index (χ2v) is 5.47. The fourth-order valence-corrected chi connectivity index (χ4v) is 2.87. The van der Waals surface area contributed by atoms with Crippen molar-refractivity contribution in [2.24, 2.45) is 7.05 Å². The van der Waals surface area contributed by atoms with Gasteiger partial charge in [0.1, 0.15) is 11.3 Å². The van der Waals surface area contributed by atoms with Gasteiger partial charge in [0.2, 0.25) is 5.95 Å². The molecule has 0 spiro atoms. The van der Waals surface area contributed by atoms with Crippen LogP contribution in [0.25, 0.3) is 11.2 Å². The molecule has 3 rings (SSSR count). The number of nitrogens with two attached hydrogens (primary N) is 1. The normalized spacial score (nSPS) is 13.1. The van der Waals surface area contributed by atoms with Crippen LogP contribution in [0.3, 0.4) is 0 Å². The van der Waals surface area contributed by atoms with Crippen LogP contribution in [0.5, 0.6) is 0 Å². The maximum atomic E-state index is 6.14. The molecule has 0 aliphatic rings. The first kappa shape index (κ1) is 13.7. The highest BCUT2D eigenvalue weighted by molar-refractivity contribution is 5.78. The summed E-state index contributed by atoms with van der Waals surface area (Å²) in [5, 5.41) is 4.58. The van der Waals surface area contributed by atoms with Crippen molar-refractivity contribution in [2.45, 2.75) is 39.2 Å². The summed E-state index contributed by atoms with van der Waals surface area (Å²) in [6, 6.07) is 4.04. The van der Waals surface area contributed by atoms with E-state index in [0.29, 0.717) is 5.95 Å². The van der Waals surface area contributed by atoms with Gasteiger partial charge in [-0.15, -0.1) is 0 Å². The molecule has 1 atom stereocenters. The Hall–Kier alpha value is -2.24. The van der Waals surface area contributed by atoms with E-state index in [1.165, 1.54) is 0 Å². The minimum Gasteiger partial charge on any atom is -0.469 e. The Balaban J connectivity index is 2.03. The summed E-state index contributed by atoms with van der Waals surface area (Å²) in [4.78, 5) is 4.53. The Labute approximate surface area is 123 Å². The van der Waals surface area contributed by atoms with E-state index in [9.17, 15) is 0 Å². The standard InChI is InChI=1S/C15H21N5O/c1-4-6-12-13-14(19(3)18-12)20(15(16)17-13)10(2)9-11-7-5-8-21-11/h5,7-8,10H,4,6,9H2,1-3H3,(H2,16,17). The molecule has 6 nitrogen and oxygen atoms in total. The van der Waals surface area contributed by atoms with Crippen molar-refractivity contribution in [3.05, 3.63) is 29.9 Å². The zero-order chi connectivity index (χ0) is 15.0. The highest BCUT2D eigenvalue weighted by Crippen LogP contribution is 2.27. The molecule has 3 aromatic heterocycles. The monoisotopic (exact) mass is 287 g/mol. The van der Waals surface area contributed by atoms with Crippen LogP contribution < -0.4 is 5.73 Å². The molecule has 6 heteroatoms. The van der Waals surface area contributed by atoms with Crippen molar-refractivity contribution in [1.82, 2.24) is 19.3 Å². The Kier molecular flexibility index (Phi) is 3.45. The first-order chi connectivity index (χ1) is 10.1. The molecule has 112 valence electrons. The summed E-state index contributed by atoms with van der Waals surface area (Å²) in [5.41, 5.74) is 9.06. The van der Waals surface area contributed by atoms with Gasteiger partial charge in [-0.2, -0.15) is 5.10 Å². The summed E-state index contributed by atoms with van der Waals surface area (Å²) in [6.45, 7) is 4.26. The predicted octanol–water partition coefficient (Wildman–Crippen LogP) is 2.70. The second kappa shape index (κ2) is 5.27. The maximum Gasteiger partial charge on any atom is 0.202 e. The molecular weight excluding hydrogens is 266 g/mol. The van der Waals surface area contributed by atoms with Crippen LogP contribution in [0.15, 0.2) is 22.8 Å². The third kappa shape index (κ3) is 2.30. The van der Waals surface area contributed by atoms with Gasteiger partial charge in [0.25, 0.3) is 0 Å². The molecule has 0 fully saturated rings. The van der Waals surface area contributed by atoms with E-state index < -0.39 is 0 Å². The number of imidazole rings is 1. The molecule has 0 amide bonds. The van der Waals surface area contributed by atoms with Crippen LogP contribution in [0.2, 0.25) is 0 Å². The van der Waals surface area contributed by atoms with Gasteiger partial charge in [0.15, 0.2) is 5.65 Å². The molecule has 3 heterocycles. The number of hydrogen-bond acceptors (Lipinski definition) is 4. The molecular formula is C15H21N5O. The minimum absolute atomic E-state index is 0.158. The lowest BCUT2D eigenvalue weighted by Gasteiger charge is -2.14. The molecule has 1 unspecified atom stereocenters. The van der Waals surface area contributed by atoms with Gasteiger partial charge < -0.3 is 10.2 Å². The lowest BCUT2D eigenvalue weighted by molar-refractivity contribution is 0.453. The van der Waals surface area contributed by atoms with Gasteiger partial charge in [-0.05, 0) is 25.5 Å². The second-order valence-electron chi connectivity index (χ2n) is 5.47. The Bertz CT molecular complexity index is 738. The molecule has 0 radical (unpaired) electrons. The average molecular weight is 287 g/mol. The third-order valence-electron chi connectivity index (χ3n) is 3.77. The highest BCUT2D eigenvalue weighted by atomic mass is 16.3. The number of nitrogen functional groups attached to an aromatic ring is 1. The highest BCUT2D eigenvalue weighted by Gasteiger charge is 2.21. The lowest BCUT2D eigenvalue weighted by atomic mass is 10.2. The predicted molar refractivity (Wildman–Crippen MR) is 82.0 cm³/mol. The molecule has 0 saturated carbocycles. The van der Waals surface area contributed by atoms with E-state index in [2.05, 4.69) is 23.9 Å². The van der Waals surface area contributed by atoms with Crippen LogP contribution in [-0.4, -0.2) is 19.3 Å². The van der Waals surface area contributed by atoms with E-state index in [-0.39, 0.29) is 6.04 Å². The Morgan fingerprint density at radius 1 is 1.43 bits per heavy atom. The summed E-state index contributed by atoms with van der Waals surface area (Å²) < 4.78 is 9.35. The zero-order valence-electron chi connectivity index (χ0n) is 12.7. The molecule has 0 aliphatic carbocycles. The van der Waals surface area contributed by atoms with E-state index in [4.69, 9.17) is 10.2 Å². The van der Waals surface area contributed by atoms with Gasteiger partial charge in [-0.3, -0.25) is 9.25 Å². The Morgan fingerprint density at radius 3 is 2.90 bits per heavy atom. The largest absolute Gasteiger partial charge is 0.469 e. The van der Waals surface area contributed by atoms with Crippen LogP contribution in [-0.2, 0) is 19.9 Å². The quantitative estimate of drug-likeness (QED) is 0.783. The van der Waals surface area contributed by atoms with Crippen LogP contribution >= 0.6 is 0 Å². The summed E-state index contributed by atoms with van der Waals surface area (Å²) in [6.07, 6.45) is 4.43. The van der Waals surface area contributed by atoms with Crippen LogP contribution in [0.1, 0.15) is 37.8 Å². The van der Waals surface area contributed by atoms with E-state index >= 15 is 0 Å². The van der Waals surface area contributed by atoms with Crippen molar-refractivity contribution in [3.8, 4) is 0 Å². The number of aryl methyl sites for hydroxylation is 2. The topological polar surface area (TPSA) is 74.8 Å². The van der Waals surface area contributed by atoms with Gasteiger partial charge >= 0.3 is 0 Å².